The zero-order chi connectivity index (χ0) is 11.0. The average Bonchev–Trinajstić information content (AvgIpc) is 2.81. The Balaban J connectivity index is 2.08. The van der Waals surface area contributed by atoms with E-state index in [-0.39, 0.29) is 0 Å². The molecule has 3 heterocycles. The van der Waals surface area contributed by atoms with E-state index in [0.29, 0.717) is 0 Å². The summed E-state index contributed by atoms with van der Waals surface area (Å²) in [7, 11) is 0. The van der Waals surface area contributed by atoms with Gasteiger partial charge in [0.2, 0.25) is 0 Å². The molecule has 1 fully saturated rings. The molecule has 0 atom stereocenters. The fourth-order valence-electron chi connectivity index (χ4n) is 2.04. The first-order valence-electron chi connectivity index (χ1n) is 5.33. The minimum Gasteiger partial charge on any atom is -0.354 e. The standard InChI is InChI=1S/C11H12ClN3S/c12-9-7-14-11(8-1-6-16-10(8)9)15-4-2-13-3-5-15/h1,6-7,13H,2-5H2. The highest BCUT2D eigenvalue weighted by Crippen LogP contribution is 2.33. The van der Waals surface area contributed by atoms with Crippen LogP contribution in [-0.4, -0.2) is 31.2 Å². The zero-order valence-corrected chi connectivity index (χ0v) is 10.3. The summed E-state index contributed by atoms with van der Waals surface area (Å²) in [6.07, 6.45) is 1.76. The molecule has 0 radical (unpaired) electrons. The van der Waals surface area contributed by atoms with Crippen LogP contribution in [0.25, 0.3) is 10.1 Å². The lowest BCUT2D eigenvalue weighted by Crippen LogP contribution is -2.43. The van der Waals surface area contributed by atoms with Crippen LogP contribution in [0.3, 0.4) is 0 Å². The van der Waals surface area contributed by atoms with Crippen molar-refractivity contribution in [1.82, 2.24) is 10.3 Å². The fourth-order valence-corrected chi connectivity index (χ4v) is 3.12. The molecule has 1 saturated heterocycles. The number of fused-ring (bicyclic) bond motifs is 1. The van der Waals surface area contributed by atoms with Gasteiger partial charge in [-0.25, -0.2) is 4.98 Å². The van der Waals surface area contributed by atoms with Crippen molar-refractivity contribution in [3.63, 3.8) is 0 Å². The summed E-state index contributed by atoms with van der Waals surface area (Å²) in [5, 5.41) is 7.35. The molecule has 0 saturated carbocycles. The third kappa shape index (κ3) is 1.67. The minimum absolute atomic E-state index is 0.754. The van der Waals surface area contributed by atoms with E-state index in [9.17, 15) is 0 Å². The van der Waals surface area contributed by atoms with E-state index in [0.717, 1.165) is 41.7 Å². The van der Waals surface area contributed by atoms with Crippen LogP contribution in [0.15, 0.2) is 17.6 Å². The number of piperazine rings is 1. The fraction of sp³-hybridized carbons (Fsp3) is 0.364. The van der Waals surface area contributed by atoms with Crippen molar-refractivity contribution in [2.75, 3.05) is 31.1 Å². The van der Waals surface area contributed by atoms with Crippen molar-refractivity contribution in [3.05, 3.63) is 22.7 Å². The number of pyridine rings is 1. The van der Waals surface area contributed by atoms with E-state index < -0.39 is 0 Å². The van der Waals surface area contributed by atoms with Crippen molar-refractivity contribution in [2.24, 2.45) is 0 Å². The Hall–Kier alpha value is -0.840. The predicted molar refractivity (Wildman–Crippen MR) is 69.7 cm³/mol. The van der Waals surface area contributed by atoms with Gasteiger partial charge in [-0.05, 0) is 11.4 Å². The van der Waals surface area contributed by atoms with Gasteiger partial charge in [-0.2, -0.15) is 0 Å². The number of aromatic nitrogens is 1. The van der Waals surface area contributed by atoms with Crippen molar-refractivity contribution < 1.29 is 0 Å². The van der Waals surface area contributed by atoms with Crippen LogP contribution in [0.2, 0.25) is 5.02 Å². The van der Waals surface area contributed by atoms with Gasteiger partial charge in [0.15, 0.2) is 0 Å². The maximum Gasteiger partial charge on any atom is 0.137 e. The maximum absolute atomic E-state index is 6.13. The molecule has 0 bridgehead atoms. The van der Waals surface area contributed by atoms with E-state index in [1.54, 1.807) is 17.5 Å². The lowest BCUT2D eigenvalue weighted by molar-refractivity contribution is 0.586. The van der Waals surface area contributed by atoms with Gasteiger partial charge in [0, 0.05) is 37.8 Å². The molecule has 2 aromatic heterocycles. The normalized spacial score (nSPS) is 16.9. The van der Waals surface area contributed by atoms with E-state index >= 15 is 0 Å². The molecular weight excluding hydrogens is 242 g/mol. The number of halogens is 1. The van der Waals surface area contributed by atoms with Gasteiger partial charge in [-0.3, -0.25) is 0 Å². The van der Waals surface area contributed by atoms with Gasteiger partial charge in [0.1, 0.15) is 5.82 Å². The first kappa shape index (κ1) is 10.3. The molecule has 2 aromatic rings. The number of anilines is 1. The number of hydrogen-bond donors (Lipinski definition) is 1. The summed E-state index contributed by atoms with van der Waals surface area (Å²) in [4.78, 5) is 6.80. The Kier molecular flexibility index (Phi) is 2.71. The highest BCUT2D eigenvalue weighted by molar-refractivity contribution is 7.18. The Morgan fingerprint density at radius 2 is 2.19 bits per heavy atom. The minimum atomic E-state index is 0.754. The second-order valence-electron chi connectivity index (χ2n) is 3.83. The van der Waals surface area contributed by atoms with E-state index in [1.165, 1.54) is 5.39 Å². The topological polar surface area (TPSA) is 28.2 Å². The number of rotatable bonds is 1. The first-order chi connectivity index (χ1) is 7.86. The van der Waals surface area contributed by atoms with Crippen LogP contribution in [0.1, 0.15) is 0 Å². The van der Waals surface area contributed by atoms with Gasteiger partial charge >= 0.3 is 0 Å². The SMILES string of the molecule is Clc1cnc(N2CCNCC2)c2ccsc12. The average molecular weight is 254 g/mol. The molecule has 0 amide bonds. The highest BCUT2D eigenvalue weighted by Gasteiger charge is 2.16. The molecular formula is C11H12ClN3S. The Morgan fingerprint density at radius 3 is 3.00 bits per heavy atom. The summed E-state index contributed by atoms with van der Waals surface area (Å²) < 4.78 is 1.14. The van der Waals surface area contributed by atoms with Gasteiger partial charge in [0.05, 0.1) is 9.72 Å². The van der Waals surface area contributed by atoms with Crippen molar-refractivity contribution in [2.45, 2.75) is 0 Å². The summed E-state index contributed by atoms with van der Waals surface area (Å²) in [6, 6.07) is 2.11. The van der Waals surface area contributed by atoms with Crippen molar-refractivity contribution in [3.8, 4) is 0 Å². The van der Waals surface area contributed by atoms with Gasteiger partial charge < -0.3 is 10.2 Å². The molecule has 84 valence electrons. The maximum atomic E-state index is 6.13. The molecule has 1 N–H and O–H groups in total. The lowest BCUT2D eigenvalue weighted by Gasteiger charge is -2.28. The lowest BCUT2D eigenvalue weighted by atomic mass is 10.2. The molecule has 5 heteroatoms. The Labute approximate surface area is 103 Å². The predicted octanol–water partition coefficient (Wildman–Crippen LogP) is 2.36. The van der Waals surface area contributed by atoms with Crippen molar-refractivity contribution >= 4 is 38.8 Å². The number of nitrogens with one attached hydrogen (secondary N) is 1. The smallest absolute Gasteiger partial charge is 0.137 e. The molecule has 0 unspecified atom stereocenters. The van der Waals surface area contributed by atoms with Crippen molar-refractivity contribution in [1.29, 1.82) is 0 Å². The van der Waals surface area contributed by atoms with Crippen LogP contribution in [0.4, 0.5) is 5.82 Å². The number of thiophene rings is 1. The van der Waals surface area contributed by atoms with E-state index in [2.05, 4.69) is 26.6 Å². The third-order valence-corrected chi connectivity index (χ3v) is 4.19. The molecule has 3 nitrogen and oxygen atoms in total. The summed E-state index contributed by atoms with van der Waals surface area (Å²) in [5.41, 5.74) is 0. The summed E-state index contributed by atoms with van der Waals surface area (Å²) in [5.74, 6) is 1.07. The molecule has 0 aromatic carbocycles. The number of hydrogen-bond acceptors (Lipinski definition) is 4. The van der Waals surface area contributed by atoms with Gasteiger partial charge in [0.25, 0.3) is 0 Å². The van der Waals surface area contributed by atoms with E-state index in [1.807, 2.05) is 0 Å². The van der Waals surface area contributed by atoms with Crippen LogP contribution in [0, 0.1) is 0 Å². The summed E-state index contributed by atoms with van der Waals surface area (Å²) in [6.45, 7) is 4.07. The molecule has 0 aliphatic carbocycles. The van der Waals surface area contributed by atoms with Gasteiger partial charge in [-0.1, -0.05) is 11.6 Å². The summed E-state index contributed by atoms with van der Waals surface area (Å²) >= 11 is 7.80. The third-order valence-electron chi connectivity index (χ3n) is 2.84. The largest absolute Gasteiger partial charge is 0.354 e. The second kappa shape index (κ2) is 4.20. The molecule has 0 spiro atoms. The second-order valence-corrected chi connectivity index (χ2v) is 5.15. The van der Waals surface area contributed by atoms with E-state index in [4.69, 9.17) is 11.6 Å². The van der Waals surface area contributed by atoms with Crippen LogP contribution >= 0.6 is 22.9 Å². The molecule has 1 aliphatic rings. The molecule has 3 rings (SSSR count). The van der Waals surface area contributed by atoms with Crippen LogP contribution in [-0.2, 0) is 0 Å². The van der Waals surface area contributed by atoms with Crippen LogP contribution < -0.4 is 10.2 Å². The number of nitrogens with zero attached hydrogens (tertiary/aromatic N) is 2. The Bertz CT molecular complexity index is 505. The monoisotopic (exact) mass is 253 g/mol. The first-order valence-corrected chi connectivity index (χ1v) is 6.59. The molecule has 1 aliphatic heterocycles. The Morgan fingerprint density at radius 1 is 1.38 bits per heavy atom. The van der Waals surface area contributed by atoms with Crippen LogP contribution in [0.5, 0.6) is 0 Å². The highest BCUT2D eigenvalue weighted by atomic mass is 35.5. The molecule has 16 heavy (non-hydrogen) atoms. The quantitative estimate of drug-likeness (QED) is 0.846. The van der Waals surface area contributed by atoms with Gasteiger partial charge in [-0.15, -0.1) is 11.3 Å². The zero-order valence-electron chi connectivity index (χ0n) is 8.74.